The van der Waals surface area contributed by atoms with E-state index >= 15 is 0 Å². The zero-order valence-electron chi connectivity index (χ0n) is 14.0. The summed E-state index contributed by atoms with van der Waals surface area (Å²) in [5.41, 5.74) is 0.731. The molecule has 1 amide bonds. The molecular weight excluding hydrogens is 370 g/mol. The molecule has 0 aliphatic rings. The van der Waals surface area contributed by atoms with Crippen molar-refractivity contribution in [2.45, 2.75) is 4.90 Å². The summed E-state index contributed by atoms with van der Waals surface area (Å²) >= 11 is 0. The van der Waals surface area contributed by atoms with Gasteiger partial charge < -0.3 is 9.50 Å². The Hall–Kier alpha value is -3.53. The van der Waals surface area contributed by atoms with E-state index < -0.39 is 16.0 Å². The molecule has 0 aliphatic heterocycles. The van der Waals surface area contributed by atoms with E-state index in [2.05, 4.69) is 27.4 Å². The number of carbonyl (C=O) groups excluding carboxylic acids is 1. The number of hydrogen-bond donors (Lipinski definition) is 1. The van der Waals surface area contributed by atoms with Crippen LogP contribution in [0.25, 0.3) is 5.69 Å². The van der Waals surface area contributed by atoms with Gasteiger partial charge in [0.2, 0.25) is 0 Å². The first-order chi connectivity index (χ1) is 13.0. The Morgan fingerprint density at radius 2 is 2.04 bits per heavy atom. The minimum atomic E-state index is -4.14. The smallest absolute Gasteiger partial charge is 0.339 e. The van der Waals surface area contributed by atoms with Gasteiger partial charge in [-0.25, -0.2) is 4.68 Å². The molecule has 1 heterocycles. The van der Waals surface area contributed by atoms with Crippen molar-refractivity contribution in [3.63, 3.8) is 0 Å². The fourth-order valence-corrected chi connectivity index (χ4v) is 3.16. The van der Waals surface area contributed by atoms with Crippen molar-refractivity contribution in [2.75, 3.05) is 6.54 Å². The van der Waals surface area contributed by atoms with Crippen LogP contribution in [-0.2, 0) is 10.1 Å². The number of nitrogens with zero attached hydrogens (tertiary/aromatic N) is 4. The molecule has 27 heavy (non-hydrogen) atoms. The van der Waals surface area contributed by atoms with Gasteiger partial charge in [-0.3, -0.25) is 4.79 Å². The fraction of sp³-hybridized carbons (Fsp3) is 0.0588. The number of nitrogens with one attached hydrogen (secondary N) is 1. The van der Waals surface area contributed by atoms with Gasteiger partial charge in [0.05, 0.1) is 5.69 Å². The maximum absolute atomic E-state index is 12.6. The van der Waals surface area contributed by atoms with Crippen LogP contribution in [0.2, 0.25) is 0 Å². The highest BCUT2D eigenvalue weighted by atomic mass is 32.2. The Labute approximate surface area is 155 Å². The number of carbonyl (C=O) groups is 1. The summed E-state index contributed by atoms with van der Waals surface area (Å²) in [6.45, 7) is 3.78. The number of hydrogen-bond acceptors (Lipinski definition) is 7. The van der Waals surface area contributed by atoms with E-state index in [1.165, 1.54) is 53.5 Å². The standard InChI is InChI=1S/C17H15N5O4S/c1-2-9-18-17(23)13-5-3-8-16(10-13)27(24,25)26-15-7-4-6-14(11-15)22-12-19-20-21-22/h2-8,10-12H,1,9H2,(H,18,23). The second kappa shape index (κ2) is 7.79. The van der Waals surface area contributed by atoms with Crippen molar-refractivity contribution in [2.24, 2.45) is 0 Å². The second-order valence-electron chi connectivity index (χ2n) is 5.32. The number of benzene rings is 2. The molecule has 0 atom stereocenters. The highest BCUT2D eigenvalue weighted by Gasteiger charge is 2.19. The number of amides is 1. The first kappa shape index (κ1) is 18.3. The van der Waals surface area contributed by atoms with E-state index in [4.69, 9.17) is 4.18 Å². The summed E-state index contributed by atoms with van der Waals surface area (Å²) in [6.07, 6.45) is 2.90. The Bertz CT molecular complexity index is 1060. The summed E-state index contributed by atoms with van der Waals surface area (Å²) < 4.78 is 31.7. The largest absolute Gasteiger partial charge is 0.379 e. The third kappa shape index (κ3) is 4.36. The number of aromatic nitrogens is 4. The van der Waals surface area contributed by atoms with Crippen molar-refractivity contribution in [1.29, 1.82) is 0 Å². The van der Waals surface area contributed by atoms with Gasteiger partial charge >= 0.3 is 10.1 Å². The molecule has 2 aromatic carbocycles. The molecular formula is C17H15N5O4S. The van der Waals surface area contributed by atoms with Gasteiger partial charge in [0.25, 0.3) is 5.91 Å². The summed E-state index contributed by atoms with van der Waals surface area (Å²) in [5.74, 6) is -0.322. The van der Waals surface area contributed by atoms with Crippen molar-refractivity contribution >= 4 is 16.0 Å². The maximum atomic E-state index is 12.6. The minimum absolute atomic E-state index is 0.0875. The Morgan fingerprint density at radius 3 is 2.78 bits per heavy atom. The molecule has 0 bridgehead atoms. The molecule has 0 spiro atoms. The lowest BCUT2D eigenvalue weighted by Gasteiger charge is -2.09. The normalized spacial score (nSPS) is 11.0. The van der Waals surface area contributed by atoms with Crippen LogP contribution in [0, 0.1) is 0 Å². The first-order valence-electron chi connectivity index (χ1n) is 7.77. The molecule has 0 saturated carbocycles. The Morgan fingerprint density at radius 1 is 1.22 bits per heavy atom. The molecule has 0 aliphatic carbocycles. The van der Waals surface area contributed by atoms with Gasteiger partial charge in [0.15, 0.2) is 0 Å². The van der Waals surface area contributed by atoms with E-state index in [0.29, 0.717) is 5.69 Å². The summed E-state index contributed by atoms with van der Waals surface area (Å²) in [5, 5.41) is 13.4. The lowest BCUT2D eigenvalue weighted by Crippen LogP contribution is -2.23. The Kier molecular flexibility index (Phi) is 5.27. The fourth-order valence-electron chi connectivity index (χ4n) is 2.19. The SMILES string of the molecule is C=CCNC(=O)c1cccc(S(=O)(=O)Oc2cccc(-n3cnnn3)c2)c1. The zero-order valence-corrected chi connectivity index (χ0v) is 14.8. The van der Waals surface area contributed by atoms with Crippen LogP contribution in [0.1, 0.15) is 10.4 Å². The van der Waals surface area contributed by atoms with Crippen molar-refractivity contribution in [3.8, 4) is 11.4 Å². The highest BCUT2D eigenvalue weighted by Crippen LogP contribution is 2.21. The summed E-state index contributed by atoms with van der Waals surface area (Å²) in [7, 11) is -4.14. The number of tetrazole rings is 1. The van der Waals surface area contributed by atoms with Crippen LogP contribution in [0.4, 0.5) is 0 Å². The predicted molar refractivity (Wildman–Crippen MR) is 95.9 cm³/mol. The van der Waals surface area contributed by atoms with Crippen LogP contribution >= 0.6 is 0 Å². The molecule has 9 nitrogen and oxygen atoms in total. The molecule has 3 rings (SSSR count). The van der Waals surface area contributed by atoms with E-state index in [-0.39, 0.29) is 22.8 Å². The molecule has 0 radical (unpaired) electrons. The van der Waals surface area contributed by atoms with E-state index in [0.717, 1.165) is 0 Å². The topological polar surface area (TPSA) is 116 Å². The van der Waals surface area contributed by atoms with Crippen LogP contribution in [-0.4, -0.2) is 41.1 Å². The van der Waals surface area contributed by atoms with Crippen molar-refractivity contribution < 1.29 is 17.4 Å². The minimum Gasteiger partial charge on any atom is -0.379 e. The maximum Gasteiger partial charge on any atom is 0.339 e. The van der Waals surface area contributed by atoms with Crippen molar-refractivity contribution in [1.82, 2.24) is 25.5 Å². The van der Waals surface area contributed by atoms with E-state index in [9.17, 15) is 13.2 Å². The molecule has 0 saturated heterocycles. The van der Waals surface area contributed by atoms with E-state index in [1.807, 2.05) is 0 Å². The quantitative estimate of drug-likeness (QED) is 0.482. The first-order valence-corrected chi connectivity index (χ1v) is 9.17. The van der Waals surface area contributed by atoms with Crippen LogP contribution in [0.15, 0.2) is 72.4 Å². The van der Waals surface area contributed by atoms with Crippen LogP contribution in [0.5, 0.6) is 5.75 Å². The van der Waals surface area contributed by atoms with Gasteiger partial charge in [-0.1, -0.05) is 18.2 Å². The molecule has 0 unspecified atom stereocenters. The van der Waals surface area contributed by atoms with Crippen molar-refractivity contribution in [3.05, 3.63) is 73.1 Å². The van der Waals surface area contributed by atoms with Gasteiger partial charge in [0.1, 0.15) is 17.0 Å². The average molecular weight is 385 g/mol. The van der Waals surface area contributed by atoms with Gasteiger partial charge in [-0.05, 0) is 40.8 Å². The summed E-state index contributed by atoms with van der Waals surface area (Å²) in [4.78, 5) is 11.9. The molecule has 138 valence electrons. The molecule has 10 heteroatoms. The molecule has 1 aromatic heterocycles. The lowest BCUT2D eigenvalue weighted by molar-refractivity contribution is 0.0958. The van der Waals surface area contributed by atoms with Gasteiger partial charge in [-0.2, -0.15) is 8.42 Å². The predicted octanol–water partition coefficient (Wildman–Crippen LogP) is 1.35. The van der Waals surface area contributed by atoms with Gasteiger partial charge in [0, 0.05) is 18.2 Å². The van der Waals surface area contributed by atoms with Crippen LogP contribution < -0.4 is 9.50 Å². The molecule has 0 fully saturated rings. The number of rotatable bonds is 7. The average Bonchev–Trinajstić information content (AvgIpc) is 3.21. The third-order valence-corrected chi connectivity index (χ3v) is 4.67. The van der Waals surface area contributed by atoms with E-state index in [1.54, 1.807) is 12.1 Å². The van der Waals surface area contributed by atoms with Crippen LogP contribution in [0.3, 0.4) is 0 Å². The zero-order chi connectivity index (χ0) is 19.3. The monoisotopic (exact) mass is 385 g/mol. The third-order valence-electron chi connectivity index (χ3n) is 3.43. The molecule has 1 N–H and O–H groups in total. The molecule has 3 aromatic rings. The Balaban J connectivity index is 1.84. The lowest BCUT2D eigenvalue weighted by atomic mass is 10.2. The summed E-state index contributed by atoms with van der Waals surface area (Å²) in [6, 6.07) is 11.9. The highest BCUT2D eigenvalue weighted by molar-refractivity contribution is 7.87. The second-order valence-corrected chi connectivity index (χ2v) is 6.86. The van der Waals surface area contributed by atoms with Gasteiger partial charge in [-0.15, -0.1) is 11.7 Å².